The number of methoxy groups -OCH3 is 1. The van der Waals surface area contributed by atoms with Crippen LogP contribution in [0, 0.1) is 6.92 Å². The van der Waals surface area contributed by atoms with Crippen LogP contribution < -0.4 is 0 Å². The van der Waals surface area contributed by atoms with Gasteiger partial charge in [-0.3, -0.25) is 19.3 Å². The number of ether oxygens (including phenoxy) is 1. The lowest BCUT2D eigenvalue weighted by Gasteiger charge is -2.27. The predicted molar refractivity (Wildman–Crippen MR) is 199 cm³/mol. The molecule has 0 unspecified atom stereocenters. The van der Waals surface area contributed by atoms with Crippen LogP contribution in [0.25, 0.3) is 33.3 Å². The number of amides is 2. The molecule has 2 N–H and O–H groups in total. The topological polar surface area (TPSA) is 121 Å². The van der Waals surface area contributed by atoms with Gasteiger partial charge < -0.3 is 14.7 Å². The highest BCUT2D eigenvalue weighted by atomic mass is 16.5. The number of hydrogen-bond donors (Lipinski definition) is 2. The Morgan fingerprint density at radius 2 is 1.62 bits per heavy atom. The number of carbonyl (C=O) groups is 3. The quantitative estimate of drug-likeness (QED) is 0.139. The van der Waals surface area contributed by atoms with Crippen LogP contribution in [0.4, 0.5) is 0 Å². The lowest BCUT2D eigenvalue weighted by atomic mass is 9.84. The van der Waals surface area contributed by atoms with Gasteiger partial charge in [0.05, 0.1) is 46.5 Å². The number of unbranched alkanes of at least 4 members (excludes halogenated alkanes) is 4. The molecule has 2 aromatic rings. The fourth-order valence-corrected chi connectivity index (χ4v) is 7.88. The largest absolute Gasteiger partial charge is 0.469 e. The second kappa shape index (κ2) is 14.2. The van der Waals surface area contributed by atoms with Crippen LogP contribution in [0.15, 0.2) is 30.9 Å². The molecule has 0 radical (unpaired) electrons. The van der Waals surface area contributed by atoms with Gasteiger partial charge in [0.1, 0.15) is 0 Å². The molecule has 9 nitrogen and oxygen atoms in total. The predicted octanol–water partition coefficient (Wildman–Crippen LogP) is 9.21. The fraction of sp³-hybridized carbons (Fsp3) is 0.439. The zero-order valence-electron chi connectivity index (χ0n) is 30.5. The molecule has 2 amide bonds. The van der Waals surface area contributed by atoms with Gasteiger partial charge in [0.25, 0.3) is 11.8 Å². The minimum atomic E-state index is -0.321. The minimum absolute atomic E-state index is 0.0831. The van der Waals surface area contributed by atoms with Gasteiger partial charge >= 0.3 is 5.97 Å². The van der Waals surface area contributed by atoms with Crippen LogP contribution in [-0.2, 0) is 9.53 Å². The zero-order chi connectivity index (χ0) is 35.9. The van der Waals surface area contributed by atoms with E-state index in [1.54, 1.807) is 0 Å². The summed E-state index contributed by atoms with van der Waals surface area (Å²) in [5, 5.41) is 0. The summed E-state index contributed by atoms with van der Waals surface area (Å²) in [6, 6.07) is 6.09. The number of nitrogens with zero attached hydrogens (tertiary/aromatic N) is 3. The van der Waals surface area contributed by atoms with Crippen molar-refractivity contribution in [2.75, 3.05) is 13.7 Å². The highest BCUT2D eigenvalue weighted by Gasteiger charge is 2.40. The Kier molecular flexibility index (Phi) is 9.96. The Hall–Kier alpha value is -4.79. The third kappa shape index (κ3) is 6.01. The molecule has 50 heavy (non-hydrogen) atoms. The molecule has 6 heterocycles. The molecule has 4 aliphatic rings. The average Bonchev–Trinajstić information content (AvgIpc) is 3.78. The van der Waals surface area contributed by atoms with Crippen molar-refractivity contribution in [3.05, 3.63) is 81.7 Å². The van der Waals surface area contributed by atoms with E-state index in [1.165, 1.54) is 12.0 Å². The van der Waals surface area contributed by atoms with Crippen molar-refractivity contribution in [3.8, 4) is 0 Å². The molecule has 262 valence electrons. The van der Waals surface area contributed by atoms with E-state index >= 15 is 0 Å². The van der Waals surface area contributed by atoms with E-state index in [9.17, 15) is 14.4 Å². The number of esters is 1. The zero-order valence-corrected chi connectivity index (χ0v) is 30.5. The summed E-state index contributed by atoms with van der Waals surface area (Å²) < 4.78 is 5.03. The van der Waals surface area contributed by atoms with Crippen molar-refractivity contribution in [2.45, 2.75) is 105 Å². The summed E-state index contributed by atoms with van der Waals surface area (Å²) in [5.74, 6) is -1.20. The molecule has 9 heteroatoms. The van der Waals surface area contributed by atoms with Gasteiger partial charge in [-0.05, 0) is 80.5 Å². The smallest absolute Gasteiger partial charge is 0.305 e. The van der Waals surface area contributed by atoms with Crippen molar-refractivity contribution in [1.29, 1.82) is 0 Å². The summed E-state index contributed by atoms with van der Waals surface area (Å²) in [7, 11) is 1.39. The fourth-order valence-electron chi connectivity index (χ4n) is 7.88. The Bertz CT molecular complexity index is 2040. The molecule has 2 aromatic heterocycles. The summed E-state index contributed by atoms with van der Waals surface area (Å²) in [6.45, 7) is 16.9. The first kappa shape index (κ1) is 35.1. The lowest BCUT2D eigenvalue weighted by Crippen LogP contribution is -2.41. The van der Waals surface area contributed by atoms with Crippen LogP contribution in [0.2, 0.25) is 0 Å². The summed E-state index contributed by atoms with van der Waals surface area (Å²) in [6.07, 6.45) is 8.26. The second-order valence-electron chi connectivity index (χ2n) is 13.9. The third-order valence-electron chi connectivity index (χ3n) is 10.9. The first-order valence-electron chi connectivity index (χ1n) is 18.1. The summed E-state index contributed by atoms with van der Waals surface area (Å²) >= 11 is 0. The maximum absolute atomic E-state index is 14.7. The van der Waals surface area contributed by atoms with E-state index in [0.717, 1.165) is 100 Å². The molecule has 2 atom stereocenters. The first-order valence-corrected chi connectivity index (χ1v) is 18.1. The minimum Gasteiger partial charge on any atom is -0.469 e. The van der Waals surface area contributed by atoms with E-state index in [-0.39, 0.29) is 36.0 Å². The van der Waals surface area contributed by atoms with Crippen molar-refractivity contribution >= 4 is 51.1 Å². The number of rotatable bonds is 11. The highest BCUT2D eigenvalue weighted by molar-refractivity contribution is 6.23. The molecule has 8 bridgehead atoms. The van der Waals surface area contributed by atoms with Crippen LogP contribution in [-0.4, -0.2) is 56.3 Å². The van der Waals surface area contributed by atoms with Gasteiger partial charge in [-0.2, -0.15) is 0 Å². The maximum Gasteiger partial charge on any atom is 0.305 e. The molecule has 6 rings (SSSR count). The van der Waals surface area contributed by atoms with Crippen LogP contribution in [0.1, 0.15) is 158 Å². The second-order valence-corrected chi connectivity index (χ2v) is 13.9. The molecule has 0 aromatic carbocycles. The van der Waals surface area contributed by atoms with E-state index < -0.39 is 0 Å². The maximum atomic E-state index is 14.7. The Morgan fingerprint density at radius 3 is 2.32 bits per heavy atom. The number of allylic oxidation sites excluding steroid dienone is 5. The van der Waals surface area contributed by atoms with Crippen molar-refractivity contribution in [2.24, 2.45) is 0 Å². The average molecular weight is 676 g/mol. The number of H-pyrrole nitrogens is 2. The highest BCUT2D eigenvalue weighted by Crippen LogP contribution is 2.45. The summed E-state index contributed by atoms with van der Waals surface area (Å²) in [5.41, 5.74) is 12.0. The number of aryl methyl sites for hydroxylation is 1. The molecule has 0 saturated heterocycles. The normalized spacial score (nSPS) is 17.9. The molecule has 0 aliphatic carbocycles. The molecule has 0 saturated carbocycles. The Morgan fingerprint density at radius 1 is 0.920 bits per heavy atom. The number of fused-ring (bicyclic) bond motifs is 8. The Labute approximate surface area is 294 Å². The summed E-state index contributed by atoms with van der Waals surface area (Å²) in [4.78, 5) is 60.2. The molecule has 0 fully saturated rings. The Balaban J connectivity index is 1.70. The number of aromatic nitrogens is 4. The number of aromatic amines is 2. The van der Waals surface area contributed by atoms with Crippen LogP contribution in [0.5, 0.6) is 0 Å². The van der Waals surface area contributed by atoms with Gasteiger partial charge in [-0.15, -0.1) is 0 Å². The van der Waals surface area contributed by atoms with E-state index in [0.29, 0.717) is 35.3 Å². The van der Waals surface area contributed by atoms with Crippen LogP contribution in [0.3, 0.4) is 0 Å². The van der Waals surface area contributed by atoms with Gasteiger partial charge in [0.15, 0.2) is 0 Å². The van der Waals surface area contributed by atoms with Gasteiger partial charge in [-0.25, -0.2) is 9.97 Å². The number of hydrogen-bond acceptors (Lipinski definition) is 6. The van der Waals surface area contributed by atoms with E-state index in [1.807, 2.05) is 38.1 Å². The molecule has 4 aliphatic heterocycles. The van der Waals surface area contributed by atoms with Gasteiger partial charge in [0.2, 0.25) is 0 Å². The first-order chi connectivity index (χ1) is 24.0. The number of imide groups is 1. The number of nitrogens with one attached hydrogen (secondary N) is 2. The monoisotopic (exact) mass is 675 g/mol. The van der Waals surface area contributed by atoms with Crippen molar-refractivity contribution in [1.82, 2.24) is 24.8 Å². The standard InChI is InChI=1S/C41H49N5O4/c1-9-12-13-14-15-18-46-40(48)36-25(7)32-21-34-27(11-3)23(5)30(43-34)20-33-26(10-2)22(4)29(42-33)19-31-24(6)28(16-17-35(47)50-8)38(44-31)37(41(46)49)39(36)45-32/h10,19-21,24,28,44-45H,2,9,11-18H2,1,3-8H3/t24-,28-/m0/s1. The van der Waals surface area contributed by atoms with E-state index in [2.05, 4.69) is 44.2 Å². The molecule has 0 spiro atoms. The van der Waals surface area contributed by atoms with Gasteiger partial charge in [-0.1, -0.05) is 59.1 Å². The lowest BCUT2D eigenvalue weighted by molar-refractivity contribution is -0.140. The van der Waals surface area contributed by atoms with Crippen molar-refractivity contribution in [3.63, 3.8) is 0 Å². The molecular formula is C41H49N5O4. The van der Waals surface area contributed by atoms with Crippen molar-refractivity contribution < 1.29 is 19.1 Å². The van der Waals surface area contributed by atoms with E-state index in [4.69, 9.17) is 14.7 Å². The SMILES string of the molecule is C=CC1=C(C)c2cc3[nH]c(c4c5[nH]c(cc6nc(cc1n2)C(C)=C6CC)c(C)c5C(=O)N(CCCCCCC)C4=O)[C@@H](CCC(=O)OC)[C@@H]3C. The number of carbonyl (C=O) groups excluding carboxylic acids is 3. The third-order valence-corrected chi connectivity index (χ3v) is 10.9. The molecular weight excluding hydrogens is 626 g/mol. The van der Waals surface area contributed by atoms with Gasteiger partial charge in [0, 0.05) is 47.3 Å². The van der Waals surface area contributed by atoms with Crippen LogP contribution >= 0.6 is 0 Å².